The van der Waals surface area contributed by atoms with Gasteiger partial charge in [0.25, 0.3) is 0 Å². The Hall–Kier alpha value is -2.04. The average molecular weight is 304 g/mol. The molecule has 4 nitrogen and oxygen atoms in total. The van der Waals surface area contributed by atoms with Crippen LogP contribution in [0.3, 0.4) is 0 Å². The number of carbonyl (C=O) groups excluding carboxylic acids is 1. The van der Waals surface area contributed by atoms with E-state index in [0.717, 1.165) is 12.8 Å². The first-order valence-corrected chi connectivity index (χ1v) is 7.33. The molecule has 110 valence electrons. The van der Waals surface area contributed by atoms with Crippen molar-refractivity contribution >= 4 is 23.2 Å². The summed E-state index contributed by atoms with van der Waals surface area (Å²) in [7, 11) is 0. The van der Waals surface area contributed by atoms with Crippen LogP contribution in [0.2, 0.25) is 5.02 Å². The lowest BCUT2D eigenvalue weighted by Gasteiger charge is -2.24. The van der Waals surface area contributed by atoms with Gasteiger partial charge in [0.1, 0.15) is 11.5 Å². The summed E-state index contributed by atoms with van der Waals surface area (Å²) in [4.78, 5) is 12.5. The molecule has 0 aliphatic carbocycles. The Labute approximate surface area is 130 Å². The summed E-state index contributed by atoms with van der Waals surface area (Å²) in [5.74, 6) is -0.311. The van der Waals surface area contributed by atoms with Gasteiger partial charge in [0.15, 0.2) is 0 Å². The van der Waals surface area contributed by atoms with E-state index < -0.39 is 5.41 Å². The second kappa shape index (κ2) is 7.67. The van der Waals surface area contributed by atoms with E-state index in [4.69, 9.17) is 16.9 Å². The van der Waals surface area contributed by atoms with Gasteiger partial charge in [0.05, 0.1) is 16.7 Å². The minimum Gasteiger partial charge on any atom is -0.325 e. The number of rotatable bonds is 6. The molecule has 0 aliphatic heterocycles. The summed E-state index contributed by atoms with van der Waals surface area (Å²) < 4.78 is 0. The minimum absolute atomic E-state index is 0.281. The highest BCUT2D eigenvalue weighted by molar-refractivity contribution is 6.32. The van der Waals surface area contributed by atoms with Crippen LogP contribution in [0, 0.1) is 28.1 Å². The Bertz CT molecular complexity index is 593. The second-order valence-electron chi connectivity index (χ2n) is 4.95. The first-order chi connectivity index (χ1) is 10.0. The quantitative estimate of drug-likeness (QED) is 0.853. The molecule has 1 amide bonds. The van der Waals surface area contributed by atoms with Crippen molar-refractivity contribution < 1.29 is 4.79 Å². The molecular weight excluding hydrogens is 286 g/mol. The number of carbonyl (C=O) groups is 1. The van der Waals surface area contributed by atoms with Gasteiger partial charge in [-0.25, -0.2) is 0 Å². The molecule has 0 saturated carbocycles. The zero-order valence-corrected chi connectivity index (χ0v) is 13.0. The third-order valence-electron chi connectivity index (χ3n) is 3.35. The zero-order valence-electron chi connectivity index (χ0n) is 12.2. The zero-order chi connectivity index (χ0) is 15.9. The molecule has 0 spiro atoms. The van der Waals surface area contributed by atoms with Crippen LogP contribution in [-0.2, 0) is 4.79 Å². The van der Waals surface area contributed by atoms with Crippen LogP contribution >= 0.6 is 11.6 Å². The second-order valence-corrected chi connectivity index (χ2v) is 5.36. The van der Waals surface area contributed by atoms with Gasteiger partial charge in [0, 0.05) is 5.69 Å². The Morgan fingerprint density at radius 1 is 1.29 bits per heavy atom. The number of anilines is 1. The number of hydrogen-bond donors (Lipinski definition) is 1. The van der Waals surface area contributed by atoms with Crippen molar-refractivity contribution in [3.05, 3.63) is 28.8 Å². The fourth-order valence-corrected chi connectivity index (χ4v) is 2.53. The summed E-state index contributed by atoms with van der Waals surface area (Å²) >= 11 is 5.94. The van der Waals surface area contributed by atoms with Crippen molar-refractivity contribution in [1.82, 2.24) is 0 Å². The van der Waals surface area contributed by atoms with Crippen molar-refractivity contribution in [2.45, 2.75) is 39.5 Å². The van der Waals surface area contributed by atoms with Gasteiger partial charge in [-0.15, -0.1) is 0 Å². The predicted octanol–water partition coefficient (Wildman–Crippen LogP) is 4.26. The molecule has 21 heavy (non-hydrogen) atoms. The molecule has 1 aromatic rings. The molecule has 0 fully saturated rings. The summed E-state index contributed by atoms with van der Waals surface area (Å²) in [5, 5.41) is 21.3. The lowest BCUT2D eigenvalue weighted by atomic mass is 9.79. The SMILES string of the molecule is CCCC(C#N)(CCC)C(=O)Nc1ccc(C#N)c(Cl)c1. The van der Waals surface area contributed by atoms with E-state index in [1.165, 1.54) is 6.07 Å². The lowest BCUT2D eigenvalue weighted by molar-refractivity contribution is -0.123. The maximum absolute atomic E-state index is 12.5. The van der Waals surface area contributed by atoms with Gasteiger partial charge >= 0.3 is 0 Å². The van der Waals surface area contributed by atoms with Gasteiger partial charge in [-0.2, -0.15) is 10.5 Å². The van der Waals surface area contributed by atoms with Gasteiger partial charge in [0.2, 0.25) is 5.91 Å². The van der Waals surface area contributed by atoms with Gasteiger partial charge in [-0.05, 0) is 31.0 Å². The van der Waals surface area contributed by atoms with Gasteiger partial charge in [-0.1, -0.05) is 38.3 Å². The van der Waals surface area contributed by atoms with E-state index >= 15 is 0 Å². The van der Waals surface area contributed by atoms with Crippen LogP contribution in [0.5, 0.6) is 0 Å². The molecule has 0 radical (unpaired) electrons. The van der Waals surface area contributed by atoms with Crippen LogP contribution in [0.25, 0.3) is 0 Å². The number of benzene rings is 1. The van der Waals surface area contributed by atoms with Gasteiger partial charge < -0.3 is 5.32 Å². The van der Waals surface area contributed by atoms with Crippen LogP contribution in [0.1, 0.15) is 45.1 Å². The minimum atomic E-state index is -1.01. The summed E-state index contributed by atoms with van der Waals surface area (Å²) in [6, 6.07) is 8.82. The fourth-order valence-electron chi connectivity index (χ4n) is 2.30. The summed E-state index contributed by atoms with van der Waals surface area (Å²) in [6.07, 6.45) is 2.56. The molecule has 0 bridgehead atoms. The normalized spacial score (nSPS) is 10.5. The van der Waals surface area contributed by atoms with E-state index in [1.807, 2.05) is 19.9 Å². The number of amides is 1. The van der Waals surface area contributed by atoms with E-state index in [-0.39, 0.29) is 10.9 Å². The number of nitriles is 2. The van der Waals surface area contributed by atoms with Crippen molar-refractivity contribution in [2.75, 3.05) is 5.32 Å². The van der Waals surface area contributed by atoms with Crippen molar-refractivity contribution in [3.8, 4) is 12.1 Å². The standard InChI is InChI=1S/C16H18ClN3O/c1-3-7-16(11-19,8-4-2)15(21)20-13-6-5-12(10-18)14(17)9-13/h5-6,9H,3-4,7-8H2,1-2H3,(H,20,21). The fraction of sp³-hybridized carbons (Fsp3) is 0.438. The van der Waals surface area contributed by atoms with E-state index in [1.54, 1.807) is 12.1 Å². The Morgan fingerprint density at radius 2 is 1.90 bits per heavy atom. The third-order valence-corrected chi connectivity index (χ3v) is 3.66. The molecule has 0 atom stereocenters. The first kappa shape index (κ1) is 17.0. The highest BCUT2D eigenvalue weighted by Crippen LogP contribution is 2.31. The highest BCUT2D eigenvalue weighted by atomic mass is 35.5. The van der Waals surface area contributed by atoms with Gasteiger partial charge in [-0.3, -0.25) is 4.79 Å². The Kier molecular flexibility index (Phi) is 6.21. The smallest absolute Gasteiger partial charge is 0.244 e. The first-order valence-electron chi connectivity index (χ1n) is 6.95. The molecule has 0 saturated heterocycles. The molecule has 5 heteroatoms. The molecule has 1 rings (SSSR count). The van der Waals surface area contributed by atoms with Crippen molar-refractivity contribution in [3.63, 3.8) is 0 Å². The largest absolute Gasteiger partial charge is 0.325 e. The number of hydrogen-bond acceptors (Lipinski definition) is 3. The Balaban J connectivity index is 3.00. The number of nitrogens with zero attached hydrogens (tertiary/aromatic N) is 2. The van der Waals surface area contributed by atoms with E-state index in [2.05, 4.69) is 11.4 Å². The van der Waals surface area contributed by atoms with Crippen molar-refractivity contribution in [2.24, 2.45) is 5.41 Å². The van der Waals surface area contributed by atoms with Crippen LogP contribution in [0.4, 0.5) is 5.69 Å². The molecule has 0 heterocycles. The molecular formula is C16H18ClN3O. The maximum atomic E-state index is 12.5. The Morgan fingerprint density at radius 3 is 2.33 bits per heavy atom. The molecule has 1 aromatic carbocycles. The molecule has 0 aliphatic rings. The predicted molar refractivity (Wildman–Crippen MR) is 82.7 cm³/mol. The number of nitrogens with one attached hydrogen (secondary N) is 1. The topological polar surface area (TPSA) is 76.7 Å². The third kappa shape index (κ3) is 3.97. The van der Waals surface area contributed by atoms with Crippen molar-refractivity contribution in [1.29, 1.82) is 10.5 Å². The van der Waals surface area contributed by atoms with Crippen LogP contribution in [-0.4, -0.2) is 5.91 Å². The van der Waals surface area contributed by atoms with E-state index in [9.17, 15) is 10.1 Å². The van der Waals surface area contributed by atoms with E-state index in [0.29, 0.717) is 24.1 Å². The molecule has 0 aromatic heterocycles. The monoisotopic (exact) mass is 303 g/mol. The molecule has 0 unspecified atom stereocenters. The summed E-state index contributed by atoms with van der Waals surface area (Å²) in [5.41, 5.74) is -0.164. The molecule has 1 N–H and O–H groups in total. The summed E-state index contributed by atoms with van der Waals surface area (Å²) in [6.45, 7) is 3.90. The van der Waals surface area contributed by atoms with Crippen LogP contribution in [0.15, 0.2) is 18.2 Å². The average Bonchev–Trinajstić information content (AvgIpc) is 2.47. The number of halogens is 1. The lowest BCUT2D eigenvalue weighted by Crippen LogP contribution is -2.35. The maximum Gasteiger partial charge on any atom is 0.244 e. The van der Waals surface area contributed by atoms with Crippen LogP contribution < -0.4 is 5.32 Å². The highest BCUT2D eigenvalue weighted by Gasteiger charge is 2.37.